The minimum Gasteiger partial charge on any atom is -0.455 e. The first kappa shape index (κ1) is 34.6. The molecule has 0 aliphatic carbocycles. The van der Waals surface area contributed by atoms with E-state index in [0.717, 1.165) is 72.1 Å². The molecule has 290 valence electrons. The summed E-state index contributed by atoms with van der Waals surface area (Å²) in [7, 11) is 0. The third-order valence-electron chi connectivity index (χ3n) is 12.8. The highest BCUT2D eigenvalue weighted by atomic mass is 16.3. The molecule has 0 spiro atoms. The van der Waals surface area contributed by atoms with Crippen LogP contribution in [0, 0.1) is 0 Å². The fourth-order valence-electron chi connectivity index (χ4n) is 9.89. The number of aromatic nitrogens is 1. The zero-order chi connectivity index (χ0) is 40.7. The van der Waals surface area contributed by atoms with Crippen LogP contribution in [-0.2, 0) is 0 Å². The molecule has 1 atom stereocenters. The Morgan fingerprint density at radius 3 is 1.63 bits per heavy atom. The van der Waals surface area contributed by atoms with Crippen LogP contribution in [0.5, 0.6) is 0 Å². The maximum atomic E-state index is 7.01. The Bertz CT molecular complexity index is 3730. The van der Waals surface area contributed by atoms with Crippen LogP contribution in [-0.4, -0.2) is 10.3 Å². The molecule has 0 radical (unpaired) electrons. The number of aliphatic imine (C=N–C) groups is 1. The van der Waals surface area contributed by atoms with Crippen LogP contribution in [0.4, 0.5) is 0 Å². The maximum Gasteiger partial charge on any atom is 0.145 e. The molecule has 1 aliphatic rings. The predicted molar refractivity (Wildman–Crippen MR) is 259 cm³/mol. The van der Waals surface area contributed by atoms with E-state index in [0.29, 0.717) is 0 Å². The number of benzene rings is 10. The Labute approximate surface area is 357 Å². The van der Waals surface area contributed by atoms with E-state index < -0.39 is 0 Å². The highest BCUT2D eigenvalue weighted by Gasteiger charge is 2.26. The number of rotatable bonds is 5. The van der Waals surface area contributed by atoms with Gasteiger partial charge in [-0.2, -0.15) is 0 Å². The predicted octanol–water partition coefficient (Wildman–Crippen LogP) is 14.9. The van der Waals surface area contributed by atoms with Gasteiger partial charge in [0.15, 0.2) is 0 Å². The summed E-state index contributed by atoms with van der Waals surface area (Å²) in [4.78, 5) is 5.53. The summed E-state index contributed by atoms with van der Waals surface area (Å²) >= 11 is 0. The van der Waals surface area contributed by atoms with Crippen molar-refractivity contribution in [2.24, 2.45) is 4.99 Å². The van der Waals surface area contributed by atoms with Gasteiger partial charge in [-0.15, -0.1) is 0 Å². The molecule has 1 aliphatic heterocycles. The molecule has 0 saturated carbocycles. The Kier molecular flexibility index (Phi) is 7.63. The standard InChI is InChI=1S/C58H37N3O/c1-3-13-36(14-4-1)37-23-25-41(26-24-37)49-35-50(60-58(59-49)42-18-5-2-6-19-42)47-33-43(34-48-54-44-20-10-7-17-40(44)29-32-53(54)62-57(47)48)61-51-30-27-38-15-8-11-21-45(38)55(51)56-46-22-12-9-16-39(46)28-31-52(56)61/h1-35,58-59H. The van der Waals surface area contributed by atoms with Crippen LogP contribution < -0.4 is 5.32 Å². The van der Waals surface area contributed by atoms with Gasteiger partial charge in [0, 0.05) is 38.5 Å². The van der Waals surface area contributed by atoms with Gasteiger partial charge >= 0.3 is 0 Å². The minimum absolute atomic E-state index is 0.324. The van der Waals surface area contributed by atoms with Crippen molar-refractivity contribution in [2.75, 3.05) is 0 Å². The van der Waals surface area contributed by atoms with Crippen molar-refractivity contribution < 1.29 is 4.42 Å². The molecule has 0 fully saturated rings. The molecule has 4 nitrogen and oxygen atoms in total. The molecule has 62 heavy (non-hydrogen) atoms. The van der Waals surface area contributed by atoms with Crippen LogP contribution in [0.15, 0.2) is 222 Å². The topological polar surface area (TPSA) is 42.5 Å². The second kappa shape index (κ2) is 13.7. The molecule has 2 aromatic heterocycles. The lowest BCUT2D eigenvalue weighted by Crippen LogP contribution is -2.25. The van der Waals surface area contributed by atoms with Gasteiger partial charge in [0.2, 0.25) is 0 Å². The van der Waals surface area contributed by atoms with E-state index in [2.05, 4.69) is 222 Å². The van der Waals surface area contributed by atoms with Crippen molar-refractivity contribution in [3.05, 3.63) is 229 Å². The first-order valence-electron chi connectivity index (χ1n) is 21.2. The van der Waals surface area contributed by atoms with E-state index in [1.54, 1.807) is 0 Å². The van der Waals surface area contributed by atoms with E-state index in [1.807, 2.05) is 0 Å². The van der Waals surface area contributed by atoms with Crippen molar-refractivity contribution in [2.45, 2.75) is 6.17 Å². The molecule has 12 aromatic rings. The highest BCUT2D eigenvalue weighted by molar-refractivity contribution is 6.29. The third kappa shape index (κ3) is 5.37. The van der Waals surface area contributed by atoms with E-state index in [1.165, 1.54) is 48.8 Å². The zero-order valence-electron chi connectivity index (χ0n) is 33.6. The Balaban J connectivity index is 1.12. The van der Waals surface area contributed by atoms with Crippen LogP contribution in [0.25, 0.3) is 98.6 Å². The van der Waals surface area contributed by atoms with Gasteiger partial charge in [0.25, 0.3) is 0 Å². The normalized spacial score (nSPS) is 14.3. The smallest absolute Gasteiger partial charge is 0.145 e. The molecule has 10 aromatic carbocycles. The quantitative estimate of drug-likeness (QED) is 0.189. The van der Waals surface area contributed by atoms with Gasteiger partial charge < -0.3 is 14.3 Å². The molecule has 0 amide bonds. The fourth-order valence-corrected chi connectivity index (χ4v) is 9.89. The second-order valence-corrected chi connectivity index (χ2v) is 16.3. The largest absolute Gasteiger partial charge is 0.455 e. The van der Waals surface area contributed by atoms with E-state index in [4.69, 9.17) is 9.41 Å². The van der Waals surface area contributed by atoms with Crippen molar-refractivity contribution in [1.29, 1.82) is 0 Å². The average Bonchev–Trinajstić information content (AvgIpc) is 3.91. The van der Waals surface area contributed by atoms with Gasteiger partial charge in [0.05, 0.1) is 16.7 Å². The van der Waals surface area contributed by atoms with Gasteiger partial charge in [-0.25, -0.2) is 0 Å². The second-order valence-electron chi connectivity index (χ2n) is 16.3. The van der Waals surface area contributed by atoms with E-state index >= 15 is 0 Å². The average molecular weight is 792 g/mol. The molecule has 1 unspecified atom stereocenters. The lowest BCUT2D eigenvalue weighted by atomic mass is 9.97. The Morgan fingerprint density at radius 1 is 0.452 bits per heavy atom. The summed E-state index contributed by atoms with van der Waals surface area (Å²) in [5, 5.41) is 15.7. The van der Waals surface area contributed by atoms with Crippen LogP contribution in [0.1, 0.15) is 22.9 Å². The summed E-state index contributed by atoms with van der Waals surface area (Å²) in [6, 6.07) is 74.0. The fraction of sp³-hybridized carbons (Fsp3) is 0.0172. The molecular formula is C58H37N3O. The van der Waals surface area contributed by atoms with Crippen molar-refractivity contribution in [3.63, 3.8) is 0 Å². The number of fused-ring (bicyclic) bond motifs is 12. The Hall–Kier alpha value is -8.21. The number of nitrogens with one attached hydrogen (secondary N) is 1. The van der Waals surface area contributed by atoms with Crippen molar-refractivity contribution in [1.82, 2.24) is 9.88 Å². The highest BCUT2D eigenvalue weighted by Crippen LogP contribution is 2.44. The molecule has 0 bridgehead atoms. The van der Waals surface area contributed by atoms with E-state index in [9.17, 15) is 0 Å². The number of nitrogens with zero attached hydrogens (tertiary/aromatic N) is 2. The third-order valence-corrected chi connectivity index (χ3v) is 12.8. The monoisotopic (exact) mass is 791 g/mol. The van der Waals surface area contributed by atoms with Crippen LogP contribution >= 0.6 is 0 Å². The number of hydrogen-bond acceptors (Lipinski definition) is 3. The number of furan rings is 1. The summed E-state index contributed by atoms with van der Waals surface area (Å²) in [5.74, 6) is 0. The Morgan fingerprint density at radius 2 is 0.984 bits per heavy atom. The number of allylic oxidation sites excluding steroid dienone is 1. The molecule has 3 heterocycles. The molecule has 13 rings (SSSR count). The SMILES string of the molecule is C1=C(c2ccc(-c3ccccc3)cc2)NC(c2ccccc2)N=C1c1cc(-n2c3ccc4ccccc4c3c3c4ccccc4ccc32)cc2c1oc1ccc3ccccc3c12. The van der Waals surface area contributed by atoms with Gasteiger partial charge in [-0.3, -0.25) is 4.99 Å². The van der Waals surface area contributed by atoms with Crippen LogP contribution in [0.3, 0.4) is 0 Å². The van der Waals surface area contributed by atoms with E-state index in [-0.39, 0.29) is 6.17 Å². The van der Waals surface area contributed by atoms with Gasteiger partial charge in [-0.1, -0.05) is 176 Å². The lowest BCUT2D eigenvalue weighted by Gasteiger charge is -2.25. The maximum absolute atomic E-state index is 7.01. The minimum atomic E-state index is -0.324. The molecule has 4 heteroatoms. The molecular weight excluding hydrogens is 755 g/mol. The lowest BCUT2D eigenvalue weighted by molar-refractivity contribution is 0.659. The summed E-state index contributed by atoms with van der Waals surface area (Å²) in [5.41, 5.74) is 12.4. The number of hydrogen-bond donors (Lipinski definition) is 1. The zero-order valence-corrected chi connectivity index (χ0v) is 33.6. The molecule has 0 saturated heterocycles. The first-order valence-corrected chi connectivity index (χ1v) is 21.2. The van der Waals surface area contributed by atoms with Gasteiger partial charge in [-0.05, 0) is 91.0 Å². The summed E-state index contributed by atoms with van der Waals surface area (Å²) in [6.07, 6.45) is 1.88. The van der Waals surface area contributed by atoms with Crippen LogP contribution in [0.2, 0.25) is 0 Å². The van der Waals surface area contributed by atoms with Gasteiger partial charge in [0.1, 0.15) is 17.3 Å². The van der Waals surface area contributed by atoms with Crippen molar-refractivity contribution >= 4 is 87.5 Å². The summed E-state index contributed by atoms with van der Waals surface area (Å²) in [6.45, 7) is 0. The first-order chi connectivity index (χ1) is 30.7. The summed E-state index contributed by atoms with van der Waals surface area (Å²) < 4.78 is 9.47. The van der Waals surface area contributed by atoms with Crippen molar-refractivity contribution in [3.8, 4) is 16.8 Å². The molecule has 1 N–H and O–H groups in total.